The van der Waals surface area contributed by atoms with E-state index in [0.717, 1.165) is 66.4 Å². The number of hydrogen-bond donors (Lipinski definition) is 3. The van der Waals surface area contributed by atoms with Crippen molar-refractivity contribution in [1.29, 1.82) is 0 Å². The predicted molar refractivity (Wildman–Crippen MR) is 150 cm³/mol. The van der Waals surface area contributed by atoms with Gasteiger partial charge in [-0.1, -0.05) is 31.7 Å². The van der Waals surface area contributed by atoms with Crippen LogP contribution in [0.4, 0.5) is 5.82 Å². The minimum Gasteiger partial charge on any atom is -0.357 e. The molecule has 0 bridgehead atoms. The third-order valence-corrected chi connectivity index (χ3v) is 7.74. The maximum atomic E-state index is 13.1. The van der Waals surface area contributed by atoms with Gasteiger partial charge in [0, 0.05) is 52.6 Å². The molecule has 5 rings (SSSR count). The first kappa shape index (κ1) is 25.4. The number of likely N-dealkylation sites (tertiary alicyclic amines) is 1. The number of anilines is 1. The van der Waals surface area contributed by atoms with Crippen LogP contribution in [0.1, 0.15) is 79.2 Å². The second kappa shape index (κ2) is 11.4. The molecule has 0 unspecified atom stereocenters. The van der Waals surface area contributed by atoms with Crippen molar-refractivity contribution in [1.82, 2.24) is 24.6 Å². The number of nitrogens with zero attached hydrogens (tertiary/aromatic N) is 4. The van der Waals surface area contributed by atoms with E-state index in [1.165, 1.54) is 37.8 Å². The number of nitrogens with one attached hydrogen (secondary N) is 2. The maximum Gasteiger partial charge on any atom is 0.256 e. The second-order valence-electron chi connectivity index (χ2n) is 10.4. The first-order valence-corrected chi connectivity index (χ1v) is 13.7. The van der Waals surface area contributed by atoms with Crippen molar-refractivity contribution in [3.63, 3.8) is 0 Å². The van der Waals surface area contributed by atoms with E-state index in [1.807, 2.05) is 30.5 Å². The fourth-order valence-electron chi connectivity index (χ4n) is 5.52. The molecule has 3 aromatic heterocycles. The van der Waals surface area contributed by atoms with Gasteiger partial charge in [-0.05, 0) is 70.9 Å². The highest BCUT2D eigenvalue weighted by molar-refractivity contribution is 6.06. The maximum absolute atomic E-state index is 13.1. The predicted octanol–water partition coefficient (Wildman–Crippen LogP) is 5.54. The zero-order chi connectivity index (χ0) is 25.8. The molecule has 1 saturated heterocycles. The molecule has 1 fully saturated rings. The fourth-order valence-corrected chi connectivity index (χ4v) is 5.52. The normalized spacial score (nSPS) is 16.2. The summed E-state index contributed by atoms with van der Waals surface area (Å²) in [5.74, 6) is 0.361. The SMILES string of the molecule is Cc1c2ccc(C(=O)Nc3cc4[nH]c([C@H]5CCCN5C)cc4cn3)cc2nn1CCCCCCCCN. The molecular formula is C29H39N7O. The molecule has 0 aliphatic carbocycles. The van der Waals surface area contributed by atoms with Crippen molar-refractivity contribution in [2.45, 2.75) is 70.9 Å². The number of pyridine rings is 1. The standard InChI is InChI=1S/C29H39N7O/c1-20-23-12-11-21(16-25(23)34-36(20)15-8-6-4-3-5-7-13-30)29(37)33-28-18-24-22(19-31-28)17-26(32-24)27-10-9-14-35(27)2/h11-12,16-19,27,32H,3-10,13-15,30H2,1-2H3,(H,31,33,37)/t27-/m1/s1. The summed E-state index contributed by atoms with van der Waals surface area (Å²) in [6.07, 6.45) is 11.3. The minimum atomic E-state index is -0.180. The number of carbonyl (C=O) groups is 1. The van der Waals surface area contributed by atoms with Gasteiger partial charge in [-0.2, -0.15) is 5.10 Å². The summed E-state index contributed by atoms with van der Waals surface area (Å²) in [7, 11) is 2.17. The Kier molecular flexibility index (Phi) is 7.86. The summed E-state index contributed by atoms with van der Waals surface area (Å²) in [6.45, 7) is 4.91. The quantitative estimate of drug-likeness (QED) is 0.234. The monoisotopic (exact) mass is 501 g/mol. The summed E-state index contributed by atoms with van der Waals surface area (Å²) in [5.41, 5.74) is 10.4. The molecule has 1 aromatic carbocycles. The van der Waals surface area contributed by atoms with Gasteiger partial charge in [0.1, 0.15) is 5.82 Å². The number of hydrogen-bond acceptors (Lipinski definition) is 5. The molecule has 1 aliphatic heterocycles. The molecule has 4 heterocycles. The third-order valence-electron chi connectivity index (χ3n) is 7.74. The number of aromatic amines is 1. The molecule has 1 atom stereocenters. The van der Waals surface area contributed by atoms with Gasteiger partial charge < -0.3 is 16.0 Å². The Morgan fingerprint density at radius 3 is 2.73 bits per heavy atom. The van der Waals surface area contributed by atoms with Crippen molar-refractivity contribution in [2.24, 2.45) is 5.73 Å². The van der Waals surface area contributed by atoms with Crippen LogP contribution in [0.5, 0.6) is 0 Å². The van der Waals surface area contributed by atoms with Gasteiger partial charge in [-0.15, -0.1) is 0 Å². The van der Waals surface area contributed by atoms with Gasteiger partial charge >= 0.3 is 0 Å². The molecule has 4 aromatic rings. The van der Waals surface area contributed by atoms with Gasteiger partial charge in [0.25, 0.3) is 5.91 Å². The van der Waals surface area contributed by atoms with Crippen molar-refractivity contribution < 1.29 is 4.79 Å². The molecule has 0 saturated carbocycles. The van der Waals surface area contributed by atoms with Crippen molar-refractivity contribution in [2.75, 3.05) is 25.5 Å². The van der Waals surface area contributed by atoms with E-state index in [9.17, 15) is 4.79 Å². The van der Waals surface area contributed by atoms with E-state index in [2.05, 4.69) is 44.9 Å². The first-order chi connectivity index (χ1) is 18.0. The van der Waals surface area contributed by atoms with Crippen LogP contribution in [-0.2, 0) is 6.54 Å². The van der Waals surface area contributed by atoms with Gasteiger partial charge in [0.05, 0.1) is 11.0 Å². The summed E-state index contributed by atoms with van der Waals surface area (Å²) >= 11 is 0. The number of aryl methyl sites for hydroxylation is 2. The second-order valence-corrected chi connectivity index (χ2v) is 10.4. The number of nitrogens with two attached hydrogens (primary N) is 1. The average molecular weight is 502 g/mol. The molecule has 8 heteroatoms. The molecule has 1 aliphatic rings. The van der Waals surface area contributed by atoms with Crippen LogP contribution in [0.3, 0.4) is 0 Å². The van der Waals surface area contributed by atoms with Crippen LogP contribution in [0.2, 0.25) is 0 Å². The number of aromatic nitrogens is 4. The van der Waals surface area contributed by atoms with Crippen LogP contribution >= 0.6 is 0 Å². The Morgan fingerprint density at radius 2 is 1.95 bits per heavy atom. The number of fused-ring (bicyclic) bond motifs is 2. The van der Waals surface area contributed by atoms with Crippen LogP contribution in [0.25, 0.3) is 21.8 Å². The molecule has 1 amide bonds. The van der Waals surface area contributed by atoms with E-state index in [4.69, 9.17) is 10.8 Å². The smallest absolute Gasteiger partial charge is 0.256 e. The Bertz CT molecular complexity index is 1370. The Hall–Kier alpha value is -3.23. The lowest BCUT2D eigenvalue weighted by molar-refractivity contribution is 0.102. The highest BCUT2D eigenvalue weighted by Gasteiger charge is 2.24. The lowest BCUT2D eigenvalue weighted by Crippen LogP contribution is -2.17. The highest BCUT2D eigenvalue weighted by Crippen LogP contribution is 2.32. The van der Waals surface area contributed by atoms with E-state index < -0.39 is 0 Å². The Morgan fingerprint density at radius 1 is 1.14 bits per heavy atom. The van der Waals surface area contributed by atoms with Crippen LogP contribution < -0.4 is 11.1 Å². The summed E-state index contributed by atoms with van der Waals surface area (Å²) in [4.78, 5) is 23.5. The number of rotatable bonds is 11. The van der Waals surface area contributed by atoms with Gasteiger partial charge in [-0.3, -0.25) is 14.4 Å². The topological polar surface area (TPSA) is 105 Å². The van der Waals surface area contributed by atoms with Crippen molar-refractivity contribution in [3.8, 4) is 0 Å². The molecule has 0 radical (unpaired) electrons. The molecule has 196 valence electrons. The molecular weight excluding hydrogens is 462 g/mol. The number of carbonyl (C=O) groups excluding carboxylic acids is 1. The highest BCUT2D eigenvalue weighted by atomic mass is 16.1. The Balaban J connectivity index is 1.23. The average Bonchev–Trinajstić information content (AvgIpc) is 3.59. The summed E-state index contributed by atoms with van der Waals surface area (Å²) < 4.78 is 2.08. The summed E-state index contributed by atoms with van der Waals surface area (Å²) in [5, 5.41) is 9.91. The van der Waals surface area contributed by atoms with E-state index in [-0.39, 0.29) is 5.91 Å². The molecule has 4 N–H and O–H groups in total. The Labute approximate surface area is 218 Å². The number of amides is 1. The zero-order valence-corrected chi connectivity index (χ0v) is 22.1. The van der Waals surface area contributed by atoms with E-state index in [0.29, 0.717) is 17.4 Å². The largest absolute Gasteiger partial charge is 0.357 e. The lowest BCUT2D eigenvalue weighted by atomic mass is 10.1. The third kappa shape index (κ3) is 5.70. The first-order valence-electron chi connectivity index (χ1n) is 13.7. The minimum absolute atomic E-state index is 0.180. The zero-order valence-electron chi connectivity index (χ0n) is 22.1. The van der Waals surface area contributed by atoms with E-state index in [1.54, 1.807) is 0 Å². The molecule has 37 heavy (non-hydrogen) atoms. The molecule has 0 spiro atoms. The summed E-state index contributed by atoms with van der Waals surface area (Å²) in [6, 6.07) is 10.3. The van der Waals surface area contributed by atoms with E-state index >= 15 is 0 Å². The number of benzene rings is 1. The van der Waals surface area contributed by atoms with Crippen LogP contribution in [0, 0.1) is 6.92 Å². The van der Waals surface area contributed by atoms with Crippen LogP contribution in [0.15, 0.2) is 36.5 Å². The van der Waals surface area contributed by atoms with Crippen LogP contribution in [-0.4, -0.2) is 50.7 Å². The lowest BCUT2D eigenvalue weighted by Gasteiger charge is -2.17. The number of H-pyrrole nitrogens is 1. The van der Waals surface area contributed by atoms with Crippen molar-refractivity contribution >= 4 is 33.5 Å². The van der Waals surface area contributed by atoms with Gasteiger partial charge in [0.15, 0.2) is 0 Å². The molecule has 8 nitrogen and oxygen atoms in total. The van der Waals surface area contributed by atoms with Crippen molar-refractivity contribution in [3.05, 3.63) is 53.5 Å². The van der Waals surface area contributed by atoms with Gasteiger partial charge in [0.2, 0.25) is 0 Å². The fraction of sp³-hybridized carbons (Fsp3) is 0.483. The van der Waals surface area contributed by atoms with Gasteiger partial charge in [-0.25, -0.2) is 4.98 Å². The number of unbranched alkanes of at least 4 members (excludes halogenated alkanes) is 5.